The van der Waals surface area contributed by atoms with E-state index in [1.165, 1.54) is 16.4 Å². The minimum absolute atomic E-state index is 0.248. The molecule has 24 heavy (non-hydrogen) atoms. The molecule has 0 N–H and O–H groups in total. The van der Waals surface area contributed by atoms with Crippen molar-refractivity contribution in [2.45, 2.75) is 4.90 Å². The van der Waals surface area contributed by atoms with Gasteiger partial charge in [0.15, 0.2) is 0 Å². The Labute approximate surface area is 146 Å². The zero-order valence-electron chi connectivity index (χ0n) is 12.9. The highest BCUT2D eigenvalue weighted by Gasteiger charge is 2.29. The van der Waals surface area contributed by atoms with Crippen molar-refractivity contribution >= 4 is 27.3 Å². The van der Waals surface area contributed by atoms with Gasteiger partial charge in [-0.15, -0.1) is 0 Å². The predicted molar refractivity (Wildman–Crippen MR) is 93.6 cm³/mol. The van der Waals surface area contributed by atoms with Crippen LogP contribution in [0.15, 0.2) is 53.4 Å². The molecule has 0 aliphatic carbocycles. The molecule has 124 valence electrons. The Balaban J connectivity index is 1.75. The van der Waals surface area contributed by atoms with Gasteiger partial charge in [-0.2, -0.15) is 9.57 Å². The highest BCUT2D eigenvalue weighted by atomic mass is 35.5. The van der Waals surface area contributed by atoms with E-state index in [9.17, 15) is 13.7 Å². The molecule has 7 heteroatoms. The fraction of sp³-hybridized carbons (Fsp3) is 0.235. The number of rotatable bonds is 3. The summed E-state index contributed by atoms with van der Waals surface area (Å²) in [7, 11) is -3.52. The standard InChI is InChI=1S/C17H16ClN3O2S/c18-15-5-7-16(8-6-15)24(22,23)21-11-9-20(10-12-21)17-4-2-1-3-14(17)13-19/h1-8H,9-12H2. The molecule has 5 nitrogen and oxygen atoms in total. The largest absolute Gasteiger partial charge is 0.368 e. The molecule has 0 spiro atoms. The van der Waals surface area contributed by atoms with Crippen LogP contribution in [0, 0.1) is 11.3 Å². The number of hydrogen-bond donors (Lipinski definition) is 0. The number of piperazine rings is 1. The first kappa shape index (κ1) is 16.8. The SMILES string of the molecule is N#Cc1ccccc1N1CCN(S(=O)(=O)c2ccc(Cl)cc2)CC1. The van der Waals surface area contributed by atoms with Crippen LogP contribution in [0.5, 0.6) is 0 Å². The summed E-state index contributed by atoms with van der Waals surface area (Å²) in [5, 5.41) is 9.71. The summed E-state index contributed by atoms with van der Waals surface area (Å²) in [4.78, 5) is 2.30. The fourth-order valence-electron chi connectivity index (χ4n) is 2.77. The first-order chi connectivity index (χ1) is 11.5. The maximum Gasteiger partial charge on any atom is 0.243 e. The number of hydrogen-bond acceptors (Lipinski definition) is 4. The summed E-state index contributed by atoms with van der Waals surface area (Å²) in [5.74, 6) is 0. The number of sulfonamides is 1. The summed E-state index contributed by atoms with van der Waals surface area (Å²) in [6.45, 7) is 1.85. The summed E-state index contributed by atoms with van der Waals surface area (Å²) < 4.78 is 26.8. The molecule has 0 bridgehead atoms. The molecule has 0 amide bonds. The van der Waals surface area contributed by atoms with Crippen molar-refractivity contribution in [2.24, 2.45) is 0 Å². The van der Waals surface area contributed by atoms with Gasteiger partial charge in [-0.05, 0) is 36.4 Å². The summed E-state index contributed by atoms with van der Waals surface area (Å²) in [6, 6.07) is 15.7. The second kappa shape index (κ2) is 6.81. The van der Waals surface area contributed by atoms with Gasteiger partial charge in [0.05, 0.1) is 16.1 Å². The summed E-state index contributed by atoms with van der Waals surface area (Å²) in [6.07, 6.45) is 0. The number of nitriles is 1. The molecule has 0 saturated carbocycles. The second-order valence-electron chi connectivity index (χ2n) is 5.47. The van der Waals surface area contributed by atoms with Gasteiger partial charge in [0.25, 0.3) is 0 Å². The van der Waals surface area contributed by atoms with Crippen LogP contribution in [0.3, 0.4) is 0 Å². The van der Waals surface area contributed by atoms with Crippen LogP contribution >= 0.6 is 11.6 Å². The third kappa shape index (κ3) is 3.24. The molecule has 2 aromatic rings. The first-order valence-corrected chi connectivity index (χ1v) is 9.34. The van der Waals surface area contributed by atoms with Gasteiger partial charge in [0.1, 0.15) is 6.07 Å². The molecular formula is C17H16ClN3O2S. The van der Waals surface area contributed by atoms with E-state index in [0.29, 0.717) is 36.8 Å². The number of anilines is 1. The van der Waals surface area contributed by atoms with Crippen LogP contribution in [0.1, 0.15) is 5.56 Å². The normalized spacial score (nSPS) is 15.9. The molecule has 1 aliphatic heterocycles. The molecule has 0 atom stereocenters. The maximum absolute atomic E-state index is 12.7. The third-order valence-electron chi connectivity index (χ3n) is 4.06. The smallest absolute Gasteiger partial charge is 0.243 e. The zero-order chi connectivity index (χ0) is 17.2. The van der Waals surface area contributed by atoms with Crippen molar-refractivity contribution in [1.29, 1.82) is 5.26 Å². The zero-order valence-corrected chi connectivity index (χ0v) is 14.5. The Hall–Kier alpha value is -2.07. The maximum atomic E-state index is 12.7. The van der Waals surface area contributed by atoms with Crippen LogP contribution < -0.4 is 4.90 Å². The molecule has 1 heterocycles. The lowest BCUT2D eigenvalue weighted by atomic mass is 10.1. The highest BCUT2D eigenvalue weighted by molar-refractivity contribution is 7.89. The Morgan fingerprint density at radius 3 is 2.21 bits per heavy atom. The Morgan fingerprint density at radius 1 is 0.958 bits per heavy atom. The lowest BCUT2D eigenvalue weighted by Crippen LogP contribution is -2.48. The van der Waals surface area contributed by atoms with Gasteiger partial charge in [-0.1, -0.05) is 23.7 Å². The fourth-order valence-corrected chi connectivity index (χ4v) is 4.32. The number of para-hydroxylation sites is 1. The van der Waals surface area contributed by atoms with Gasteiger partial charge in [0.2, 0.25) is 10.0 Å². The average molecular weight is 362 g/mol. The molecule has 1 aliphatic rings. The average Bonchev–Trinajstić information content (AvgIpc) is 2.62. The van der Waals surface area contributed by atoms with Gasteiger partial charge in [0, 0.05) is 31.2 Å². The van der Waals surface area contributed by atoms with Gasteiger partial charge in [-0.25, -0.2) is 8.42 Å². The molecule has 3 rings (SSSR count). The van der Waals surface area contributed by atoms with Crippen molar-refractivity contribution in [3.63, 3.8) is 0 Å². The van der Waals surface area contributed by atoms with Crippen molar-refractivity contribution in [1.82, 2.24) is 4.31 Å². The first-order valence-electron chi connectivity index (χ1n) is 7.52. The van der Waals surface area contributed by atoms with E-state index in [1.807, 2.05) is 23.1 Å². The van der Waals surface area contributed by atoms with Crippen molar-refractivity contribution < 1.29 is 8.42 Å². The lowest BCUT2D eigenvalue weighted by Gasteiger charge is -2.35. The molecule has 2 aromatic carbocycles. The topological polar surface area (TPSA) is 64.4 Å². The van der Waals surface area contributed by atoms with Gasteiger partial charge >= 0.3 is 0 Å². The Morgan fingerprint density at radius 2 is 1.58 bits per heavy atom. The quantitative estimate of drug-likeness (QED) is 0.843. The van der Waals surface area contributed by atoms with E-state index in [-0.39, 0.29) is 4.90 Å². The van der Waals surface area contributed by atoms with Crippen LogP contribution in [0.25, 0.3) is 0 Å². The van der Waals surface area contributed by atoms with Crippen molar-refractivity contribution in [2.75, 3.05) is 31.1 Å². The molecule has 0 radical (unpaired) electrons. The molecule has 1 fully saturated rings. The van der Waals surface area contributed by atoms with E-state index in [1.54, 1.807) is 18.2 Å². The van der Waals surface area contributed by atoms with Gasteiger partial charge < -0.3 is 4.90 Å². The molecular weight excluding hydrogens is 346 g/mol. The molecule has 0 aromatic heterocycles. The van der Waals surface area contributed by atoms with E-state index < -0.39 is 10.0 Å². The number of benzene rings is 2. The van der Waals surface area contributed by atoms with E-state index in [4.69, 9.17) is 11.6 Å². The minimum atomic E-state index is -3.52. The van der Waals surface area contributed by atoms with Crippen LogP contribution in [-0.2, 0) is 10.0 Å². The van der Waals surface area contributed by atoms with Crippen LogP contribution in [0.2, 0.25) is 5.02 Å². The summed E-state index contributed by atoms with van der Waals surface area (Å²) in [5.41, 5.74) is 1.45. The number of nitrogens with zero attached hydrogens (tertiary/aromatic N) is 3. The molecule has 1 saturated heterocycles. The predicted octanol–water partition coefficient (Wildman–Crippen LogP) is 2.72. The van der Waals surface area contributed by atoms with Crippen molar-refractivity contribution in [3.05, 3.63) is 59.1 Å². The van der Waals surface area contributed by atoms with Gasteiger partial charge in [-0.3, -0.25) is 0 Å². The Bertz CT molecular complexity index is 867. The highest BCUT2D eigenvalue weighted by Crippen LogP contribution is 2.24. The van der Waals surface area contributed by atoms with Crippen LogP contribution in [0.4, 0.5) is 5.69 Å². The monoisotopic (exact) mass is 361 g/mol. The summed E-state index contributed by atoms with van der Waals surface area (Å²) >= 11 is 5.82. The number of halogens is 1. The van der Waals surface area contributed by atoms with E-state index >= 15 is 0 Å². The lowest BCUT2D eigenvalue weighted by molar-refractivity contribution is 0.385. The minimum Gasteiger partial charge on any atom is -0.368 e. The van der Waals surface area contributed by atoms with E-state index in [0.717, 1.165) is 5.69 Å². The third-order valence-corrected chi connectivity index (χ3v) is 6.22. The molecule has 0 unspecified atom stereocenters. The van der Waals surface area contributed by atoms with E-state index in [2.05, 4.69) is 6.07 Å². The second-order valence-corrected chi connectivity index (χ2v) is 7.85. The van der Waals surface area contributed by atoms with Crippen molar-refractivity contribution in [3.8, 4) is 6.07 Å². The Kier molecular flexibility index (Phi) is 4.76. The van der Waals surface area contributed by atoms with Crippen LogP contribution in [-0.4, -0.2) is 38.9 Å².